The highest BCUT2D eigenvalue weighted by molar-refractivity contribution is 5.34. The Morgan fingerprint density at radius 2 is 2.11 bits per heavy atom. The van der Waals surface area contributed by atoms with Crippen LogP contribution in [0.3, 0.4) is 0 Å². The van der Waals surface area contributed by atoms with Crippen molar-refractivity contribution in [2.24, 2.45) is 5.92 Å². The summed E-state index contributed by atoms with van der Waals surface area (Å²) in [4.78, 5) is 13.9. The second-order valence-corrected chi connectivity index (χ2v) is 4.42. The highest BCUT2D eigenvalue weighted by Gasteiger charge is 2.21. The molecule has 1 aromatic heterocycles. The largest absolute Gasteiger partial charge is 0.467 e. The van der Waals surface area contributed by atoms with E-state index in [1.165, 1.54) is 20.0 Å². The second kappa shape index (κ2) is 5.81. The third-order valence-corrected chi connectivity index (χ3v) is 2.77. The summed E-state index contributed by atoms with van der Waals surface area (Å²) < 4.78 is 10.5. The molecule has 7 heteroatoms. The van der Waals surface area contributed by atoms with Crippen LogP contribution < -0.4 is 15.4 Å². The van der Waals surface area contributed by atoms with E-state index in [1.807, 2.05) is 11.9 Å². The van der Waals surface area contributed by atoms with Crippen LogP contribution in [0.1, 0.15) is 12.8 Å². The van der Waals surface area contributed by atoms with E-state index in [0.29, 0.717) is 19.1 Å². The highest BCUT2D eigenvalue weighted by Crippen LogP contribution is 2.28. The van der Waals surface area contributed by atoms with Gasteiger partial charge in [-0.3, -0.25) is 0 Å². The standard InChI is InChI=1S/C11H19N5O2/c1-16(5-6-18-7-8-3-4-8)10-13-9(12)14-11(15-10)17-2/h8H,3-7H2,1-2H3,(H2,12,13,14,15). The first-order chi connectivity index (χ1) is 8.69. The number of nitrogen functional groups attached to an aromatic ring is 1. The van der Waals surface area contributed by atoms with Crippen LogP contribution in [-0.2, 0) is 4.74 Å². The molecule has 2 rings (SSSR count). The van der Waals surface area contributed by atoms with E-state index < -0.39 is 0 Å². The number of ether oxygens (including phenoxy) is 2. The number of nitrogens with two attached hydrogens (primary N) is 1. The first-order valence-corrected chi connectivity index (χ1v) is 6.03. The van der Waals surface area contributed by atoms with E-state index >= 15 is 0 Å². The van der Waals surface area contributed by atoms with Crippen molar-refractivity contribution in [3.05, 3.63) is 0 Å². The van der Waals surface area contributed by atoms with Gasteiger partial charge in [0, 0.05) is 20.2 Å². The van der Waals surface area contributed by atoms with Crippen LogP contribution in [0.2, 0.25) is 0 Å². The van der Waals surface area contributed by atoms with Gasteiger partial charge in [0.25, 0.3) is 0 Å². The van der Waals surface area contributed by atoms with E-state index in [-0.39, 0.29) is 12.0 Å². The summed E-state index contributed by atoms with van der Waals surface area (Å²) in [6.07, 6.45) is 2.61. The van der Waals surface area contributed by atoms with Gasteiger partial charge in [0.05, 0.1) is 13.7 Å². The van der Waals surface area contributed by atoms with Gasteiger partial charge in [-0.2, -0.15) is 15.0 Å². The molecule has 1 aromatic rings. The van der Waals surface area contributed by atoms with E-state index in [9.17, 15) is 0 Å². The van der Waals surface area contributed by atoms with Crippen LogP contribution in [0.15, 0.2) is 0 Å². The molecule has 0 spiro atoms. The summed E-state index contributed by atoms with van der Waals surface area (Å²) in [7, 11) is 3.38. The molecular formula is C11H19N5O2. The van der Waals surface area contributed by atoms with Gasteiger partial charge in [-0.25, -0.2) is 0 Å². The average molecular weight is 253 g/mol. The lowest BCUT2D eigenvalue weighted by Crippen LogP contribution is -2.25. The Labute approximate surface area is 106 Å². The average Bonchev–Trinajstić information content (AvgIpc) is 3.17. The fraction of sp³-hybridized carbons (Fsp3) is 0.727. The molecule has 1 aliphatic rings. The van der Waals surface area contributed by atoms with E-state index in [2.05, 4.69) is 15.0 Å². The number of methoxy groups -OCH3 is 1. The Hall–Kier alpha value is -1.63. The smallest absolute Gasteiger partial charge is 0.322 e. The summed E-state index contributed by atoms with van der Waals surface area (Å²) in [5.41, 5.74) is 5.58. The third kappa shape index (κ3) is 3.69. The zero-order chi connectivity index (χ0) is 13.0. The summed E-state index contributed by atoms with van der Waals surface area (Å²) in [5, 5.41) is 0. The summed E-state index contributed by atoms with van der Waals surface area (Å²) >= 11 is 0. The maximum absolute atomic E-state index is 5.58. The Morgan fingerprint density at radius 1 is 1.33 bits per heavy atom. The third-order valence-electron chi connectivity index (χ3n) is 2.77. The summed E-state index contributed by atoms with van der Waals surface area (Å²) in [6.45, 7) is 2.22. The quantitative estimate of drug-likeness (QED) is 0.700. The minimum atomic E-state index is 0.155. The Morgan fingerprint density at radius 3 is 2.78 bits per heavy atom. The van der Waals surface area contributed by atoms with Crippen molar-refractivity contribution in [1.82, 2.24) is 15.0 Å². The highest BCUT2D eigenvalue weighted by atomic mass is 16.5. The Bertz CT molecular complexity index is 397. The van der Waals surface area contributed by atoms with Crippen molar-refractivity contribution < 1.29 is 9.47 Å². The maximum Gasteiger partial charge on any atom is 0.322 e. The lowest BCUT2D eigenvalue weighted by molar-refractivity contribution is 0.130. The number of anilines is 2. The first-order valence-electron chi connectivity index (χ1n) is 6.03. The van der Waals surface area contributed by atoms with Crippen LogP contribution in [0.25, 0.3) is 0 Å². The molecule has 100 valence electrons. The monoisotopic (exact) mass is 253 g/mol. The fourth-order valence-corrected chi connectivity index (χ4v) is 1.46. The van der Waals surface area contributed by atoms with Gasteiger partial charge in [0.2, 0.25) is 11.9 Å². The lowest BCUT2D eigenvalue weighted by Gasteiger charge is -2.17. The molecule has 1 saturated carbocycles. The summed E-state index contributed by atoms with van der Waals surface area (Å²) in [6, 6.07) is 0.225. The van der Waals surface area contributed by atoms with Crippen molar-refractivity contribution >= 4 is 11.9 Å². The number of nitrogens with zero attached hydrogens (tertiary/aromatic N) is 4. The van der Waals surface area contributed by atoms with Crippen molar-refractivity contribution in [2.75, 3.05) is 44.5 Å². The summed E-state index contributed by atoms with van der Waals surface area (Å²) in [5.74, 6) is 1.43. The van der Waals surface area contributed by atoms with Crippen molar-refractivity contribution in [3.63, 3.8) is 0 Å². The number of likely N-dealkylation sites (N-methyl/N-ethyl adjacent to an activating group) is 1. The van der Waals surface area contributed by atoms with Crippen LogP contribution in [-0.4, -0.2) is 48.9 Å². The number of hydrogen-bond donors (Lipinski definition) is 1. The first kappa shape index (κ1) is 12.8. The molecule has 0 atom stereocenters. The molecule has 0 unspecified atom stereocenters. The fourth-order valence-electron chi connectivity index (χ4n) is 1.46. The predicted octanol–water partition coefficient (Wildman–Crippen LogP) is 0.325. The number of rotatable bonds is 7. The van der Waals surface area contributed by atoms with E-state index in [0.717, 1.165) is 12.5 Å². The van der Waals surface area contributed by atoms with Crippen molar-refractivity contribution in [1.29, 1.82) is 0 Å². The van der Waals surface area contributed by atoms with Crippen LogP contribution in [0, 0.1) is 5.92 Å². The zero-order valence-corrected chi connectivity index (χ0v) is 10.8. The molecule has 1 fully saturated rings. The molecule has 18 heavy (non-hydrogen) atoms. The number of hydrogen-bond acceptors (Lipinski definition) is 7. The van der Waals surface area contributed by atoms with Gasteiger partial charge in [0.1, 0.15) is 0 Å². The minimum Gasteiger partial charge on any atom is -0.467 e. The van der Waals surface area contributed by atoms with Gasteiger partial charge in [-0.15, -0.1) is 0 Å². The minimum absolute atomic E-state index is 0.155. The molecule has 7 nitrogen and oxygen atoms in total. The molecule has 0 bridgehead atoms. The van der Waals surface area contributed by atoms with Gasteiger partial charge >= 0.3 is 6.01 Å². The van der Waals surface area contributed by atoms with Crippen LogP contribution >= 0.6 is 0 Å². The molecule has 0 aliphatic heterocycles. The van der Waals surface area contributed by atoms with E-state index in [4.69, 9.17) is 15.2 Å². The van der Waals surface area contributed by atoms with Gasteiger partial charge < -0.3 is 20.1 Å². The van der Waals surface area contributed by atoms with Crippen LogP contribution in [0.5, 0.6) is 6.01 Å². The Kier molecular flexibility index (Phi) is 4.14. The molecule has 1 heterocycles. The normalized spacial score (nSPS) is 14.6. The number of aromatic nitrogens is 3. The lowest BCUT2D eigenvalue weighted by atomic mass is 10.5. The van der Waals surface area contributed by atoms with Crippen molar-refractivity contribution in [2.45, 2.75) is 12.8 Å². The molecule has 1 aliphatic carbocycles. The maximum atomic E-state index is 5.58. The van der Waals surface area contributed by atoms with Gasteiger partial charge in [-0.05, 0) is 18.8 Å². The topological polar surface area (TPSA) is 86.4 Å². The van der Waals surface area contributed by atoms with E-state index in [1.54, 1.807) is 0 Å². The van der Waals surface area contributed by atoms with Crippen LogP contribution in [0.4, 0.5) is 11.9 Å². The molecule has 0 saturated heterocycles. The molecular weight excluding hydrogens is 234 g/mol. The Balaban J connectivity index is 1.82. The second-order valence-electron chi connectivity index (χ2n) is 4.42. The zero-order valence-electron chi connectivity index (χ0n) is 10.8. The van der Waals surface area contributed by atoms with Crippen molar-refractivity contribution in [3.8, 4) is 6.01 Å². The van der Waals surface area contributed by atoms with Gasteiger partial charge in [-0.1, -0.05) is 0 Å². The molecule has 0 aromatic carbocycles. The molecule has 2 N–H and O–H groups in total. The molecule has 0 radical (unpaired) electrons. The van der Waals surface area contributed by atoms with Gasteiger partial charge in [0.15, 0.2) is 0 Å². The predicted molar refractivity (Wildman–Crippen MR) is 67.6 cm³/mol. The molecule has 0 amide bonds. The SMILES string of the molecule is COc1nc(N)nc(N(C)CCOCC2CC2)n1.